The summed E-state index contributed by atoms with van der Waals surface area (Å²) in [5.74, 6) is -0.624. The Morgan fingerprint density at radius 2 is 2.20 bits per heavy atom. The molecule has 4 N–H and O–H groups in total. The fraction of sp³-hybridized carbons (Fsp3) is 0.500. The Morgan fingerprint density at radius 3 is 2.75 bits per heavy atom. The Balaban J connectivity index is 2.32. The molecular formula is C12H18FN3O3S. The van der Waals surface area contributed by atoms with Crippen LogP contribution in [0.25, 0.3) is 0 Å². The van der Waals surface area contributed by atoms with Crippen molar-refractivity contribution in [1.29, 1.82) is 0 Å². The first-order chi connectivity index (χ1) is 9.32. The maximum Gasteiger partial charge on any atom is 0.238 e. The first-order valence-electron chi connectivity index (χ1n) is 6.23. The number of ether oxygens (including phenoxy) is 1. The highest BCUT2D eigenvalue weighted by molar-refractivity contribution is 7.89. The maximum atomic E-state index is 14.1. The second kappa shape index (κ2) is 5.65. The van der Waals surface area contributed by atoms with E-state index in [1.54, 1.807) is 0 Å². The normalized spacial score (nSPS) is 23.9. The molecule has 0 aromatic heterocycles. The standard InChI is InChI=1S/C12H18FN3O3S/c1-8-7-19-9(5-14)6-16(8)12-3-2-10(4-11(12)13)20(15,17)18/h2-4,8-9H,5-7,14H2,1H3,(H2,15,17,18). The summed E-state index contributed by atoms with van der Waals surface area (Å²) < 4.78 is 42.0. The van der Waals surface area contributed by atoms with E-state index in [0.717, 1.165) is 6.07 Å². The summed E-state index contributed by atoms with van der Waals surface area (Å²) in [4.78, 5) is 1.58. The summed E-state index contributed by atoms with van der Waals surface area (Å²) in [6.45, 7) is 3.15. The van der Waals surface area contributed by atoms with E-state index in [9.17, 15) is 12.8 Å². The number of benzene rings is 1. The molecule has 1 aliphatic rings. The van der Waals surface area contributed by atoms with Crippen LogP contribution in [0.15, 0.2) is 23.1 Å². The molecule has 0 amide bonds. The second-order valence-corrected chi connectivity index (χ2v) is 6.41. The molecule has 8 heteroatoms. The van der Waals surface area contributed by atoms with Gasteiger partial charge in [-0.3, -0.25) is 0 Å². The van der Waals surface area contributed by atoms with Gasteiger partial charge in [-0.1, -0.05) is 0 Å². The van der Waals surface area contributed by atoms with Gasteiger partial charge in [-0.15, -0.1) is 0 Å². The van der Waals surface area contributed by atoms with Gasteiger partial charge in [0.25, 0.3) is 0 Å². The number of halogens is 1. The Kier molecular flexibility index (Phi) is 4.28. The monoisotopic (exact) mass is 303 g/mol. The Bertz CT molecular complexity index is 594. The lowest BCUT2D eigenvalue weighted by Crippen LogP contribution is -2.51. The molecule has 0 spiro atoms. The van der Waals surface area contributed by atoms with Crippen LogP contribution in [0.1, 0.15) is 6.92 Å². The highest BCUT2D eigenvalue weighted by Gasteiger charge is 2.27. The summed E-state index contributed by atoms with van der Waals surface area (Å²) in [7, 11) is -3.90. The van der Waals surface area contributed by atoms with Gasteiger partial charge in [-0.05, 0) is 25.1 Å². The molecule has 1 aliphatic heterocycles. The molecule has 2 rings (SSSR count). The van der Waals surface area contributed by atoms with E-state index in [4.69, 9.17) is 15.6 Å². The minimum Gasteiger partial charge on any atom is -0.373 e. The summed E-state index contributed by atoms with van der Waals surface area (Å²) in [5.41, 5.74) is 5.89. The van der Waals surface area contributed by atoms with Crippen molar-refractivity contribution in [1.82, 2.24) is 0 Å². The molecular weight excluding hydrogens is 285 g/mol. The van der Waals surface area contributed by atoms with Crippen molar-refractivity contribution in [2.24, 2.45) is 10.9 Å². The average molecular weight is 303 g/mol. The molecule has 20 heavy (non-hydrogen) atoms. The van der Waals surface area contributed by atoms with E-state index in [0.29, 0.717) is 25.4 Å². The second-order valence-electron chi connectivity index (χ2n) is 4.85. The predicted molar refractivity (Wildman–Crippen MR) is 73.4 cm³/mol. The van der Waals surface area contributed by atoms with Crippen molar-refractivity contribution in [3.63, 3.8) is 0 Å². The van der Waals surface area contributed by atoms with Crippen LogP contribution < -0.4 is 15.8 Å². The molecule has 0 bridgehead atoms. The number of anilines is 1. The molecule has 2 atom stereocenters. The van der Waals surface area contributed by atoms with Crippen LogP contribution in [0.3, 0.4) is 0 Å². The lowest BCUT2D eigenvalue weighted by atomic mass is 10.1. The molecule has 0 aliphatic carbocycles. The molecule has 1 aromatic rings. The van der Waals surface area contributed by atoms with Crippen molar-refractivity contribution in [3.05, 3.63) is 24.0 Å². The third kappa shape index (κ3) is 3.09. The fourth-order valence-corrected chi connectivity index (χ4v) is 2.72. The predicted octanol–water partition coefficient (Wildman–Crippen LogP) is 0.0255. The molecule has 6 nitrogen and oxygen atoms in total. The summed E-state index contributed by atoms with van der Waals surface area (Å²) in [6, 6.07) is 3.63. The van der Waals surface area contributed by atoms with Crippen molar-refractivity contribution in [2.45, 2.75) is 24.0 Å². The van der Waals surface area contributed by atoms with Gasteiger partial charge in [0.1, 0.15) is 5.82 Å². The smallest absolute Gasteiger partial charge is 0.238 e. The van der Waals surface area contributed by atoms with Crippen LogP contribution in [0.5, 0.6) is 0 Å². The van der Waals surface area contributed by atoms with E-state index in [1.165, 1.54) is 12.1 Å². The quantitative estimate of drug-likeness (QED) is 0.820. The summed E-state index contributed by atoms with van der Waals surface area (Å²) >= 11 is 0. The van der Waals surface area contributed by atoms with Crippen LogP contribution in [0, 0.1) is 5.82 Å². The molecule has 112 valence electrons. The highest BCUT2D eigenvalue weighted by Crippen LogP contribution is 2.26. The van der Waals surface area contributed by atoms with Crippen LogP contribution in [-0.2, 0) is 14.8 Å². The van der Waals surface area contributed by atoms with Crippen molar-refractivity contribution >= 4 is 15.7 Å². The number of nitrogens with zero attached hydrogens (tertiary/aromatic N) is 1. The van der Waals surface area contributed by atoms with E-state index >= 15 is 0 Å². The van der Waals surface area contributed by atoms with Crippen molar-refractivity contribution < 1.29 is 17.5 Å². The van der Waals surface area contributed by atoms with Gasteiger partial charge in [0.05, 0.1) is 23.3 Å². The minimum absolute atomic E-state index is 0.0207. The zero-order valence-electron chi connectivity index (χ0n) is 11.1. The lowest BCUT2D eigenvalue weighted by molar-refractivity contribution is 0.0280. The summed E-state index contributed by atoms with van der Waals surface area (Å²) in [6.07, 6.45) is -0.163. The number of primary sulfonamides is 1. The fourth-order valence-electron chi connectivity index (χ4n) is 2.19. The number of hydrogen-bond acceptors (Lipinski definition) is 5. The third-order valence-electron chi connectivity index (χ3n) is 3.33. The number of nitrogens with two attached hydrogens (primary N) is 2. The van der Waals surface area contributed by atoms with Crippen LogP contribution in [-0.4, -0.2) is 40.3 Å². The molecule has 1 aromatic carbocycles. The zero-order valence-corrected chi connectivity index (χ0v) is 11.9. The maximum absolute atomic E-state index is 14.1. The molecule has 2 unspecified atom stereocenters. The first-order valence-corrected chi connectivity index (χ1v) is 7.78. The number of sulfonamides is 1. The minimum atomic E-state index is -3.90. The summed E-state index contributed by atoms with van der Waals surface area (Å²) in [5, 5.41) is 4.98. The molecule has 0 radical (unpaired) electrons. The Morgan fingerprint density at radius 1 is 1.50 bits per heavy atom. The van der Waals surface area contributed by atoms with Gasteiger partial charge in [0.2, 0.25) is 10.0 Å². The SMILES string of the molecule is CC1COC(CN)CN1c1ccc(S(N)(=O)=O)cc1F. The van der Waals surface area contributed by atoms with Gasteiger partial charge in [0.15, 0.2) is 0 Å². The number of hydrogen-bond donors (Lipinski definition) is 2. The lowest BCUT2D eigenvalue weighted by Gasteiger charge is -2.39. The van der Waals surface area contributed by atoms with Crippen molar-refractivity contribution in [3.8, 4) is 0 Å². The number of rotatable bonds is 3. The topological polar surface area (TPSA) is 98.7 Å². The van der Waals surface area contributed by atoms with Gasteiger partial charge in [0, 0.05) is 19.1 Å². The van der Waals surface area contributed by atoms with Crippen molar-refractivity contribution in [2.75, 3.05) is 24.6 Å². The van der Waals surface area contributed by atoms with Gasteiger partial charge in [-0.25, -0.2) is 17.9 Å². The Labute approximate surface area is 117 Å². The van der Waals surface area contributed by atoms with Crippen LogP contribution >= 0.6 is 0 Å². The van der Waals surface area contributed by atoms with E-state index in [1.807, 2.05) is 11.8 Å². The Hall–Kier alpha value is -1.22. The van der Waals surface area contributed by atoms with Crippen LogP contribution in [0.4, 0.5) is 10.1 Å². The average Bonchev–Trinajstić information content (AvgIpc) is 2.38. The molecule has 1 saturated heterocycles. The largest absolute Gasteiger partial charge is 0.373 e. The zero-order chi connectivity index (χ0) is 14.9. The van der Waals surface area contributed by atoms with Gasteiger partial charge < -0.3 is 15.4 Å². The van der Waals surface area contributed by atoms with E-state index in [-0.39, 0.29) is 17.0 Å². The molecule has 0 saturated carbocycles. The number of morpholine rings is 1. The third-order valence-corrected chi connectivity index (χ3v) is 4.24. The highest BCUT2D eigenvalue weighted by atomic mass is 32.2. The van der Waals surface area contributed by atoms with Gasteiger partial charge in [-0.2, -0.15) is 0 Å². The molecule has 1 heterocycles. The molecule has 1 fully saturated rings. The van der Waals surface area contributed by atoms with Crippen LogP contribution in [0.2, 0.25) is 0 Å². The van der Waals surface area contributed by atoms with E-state index in [2.05, 4.69) is 0 Å². The van der Waals surface area contributed by atoms with E-state index < -0.39 is 15.8 Å². The first kappa shape index (κ1) is 15.2. The van der Waals surface area contributed by atoms with Gasteiger partial charge >= 0.3 is 0 Å².